The van der Waals surface area contributed by atoms with E-state index in [1.807, 2.05) is 0 Å². The lowest BCUT2D eigenvalue weighted by Crippen LogP contribution is -2.62. The lowest BCUT2D eigenvalue weighted by molar-refractivity contribution is -0.143. The van der Waals surface area contributed by atoms with Gasteiger partial charge < -0.3 is 131 Å². The number of carbonyl (C=O) groups is 20. The molecule has 7 aromatic carbocycles. The number of amides is 18. The molecule has 46 heteroatoms. The van der Waals surface area contributed by atoms with Crippen molar-refractivity contribution in [3.05, 3.63) is 258 Å². The highest BCUT2D eigenvalue weighted by atomic mass is 16.4. The molecule has 0 radical (unpaired) electrons. The zero-order valence-corrected chi connectivity index (χ0v) is 80.7. The highest BCUT2D eigenvalue weighted by Crippen LogP contribution is 2.27. The van der Waals surface area contributed by atoms with Crippen LogP contribution in [0.1, 0.15) is 90.6 Å². The predicted molar refractivity (Wildman–Crippen MR) is 534 cm³/mol. The highest BCUT2D eigenvalue weighted by molar-refractivity contribution is 6.09. The average Bonchev–Trinajstić information content (AvgIpc) is 1.70. The number of Topliss-reactive ketones (excluding diaryl/α,β-unsaturated/α-hetero) is 1. The SMILES string of the molecule is CC(=O)C1NC(=O)CNC(=O)C(Cc2cnc[nH]2)NC(=O)C(Cc2c[nH]c3ccccc23)NC(=O)C(CC(N)=O)NC(=O)CNC(=O)CC(C(=O)NC(Cc2c[nH]c3ccccc23)C(=O)NC(Cc2ccccc2)C(=O)NC(Cc2ccccc2)C(=O)NC(CC(N)=O)C(=O)NC(Cc2ccc(O)cc2)C(=O)NC(Cc2ccc(O)cc2)C(=O)NC(Cc2c[nH]c3ccccc23)C(=O)O)NC(=O)C2CCCN2C(=O)C(C)NC1=O. The van der Waals surface area contributed by atoms with E-state index < -0.39 is 261 Å². The molecule has 46 nitrogen and oxygen atoms in total. The number of ketones is 1. The lowest BCUT2D eigenvalue weighted by atomic mass is 10.00. The van der Waals surface area contributed by atoms with Crippen LogP contribution in [0, 0.1) is 0 Å². The van der Waals surface area contributed by atoms with E-state index in [0.29, 0.717) is 71.7 Å². The van der Waals surface area contributed by atoms with E-state index in [4.69, 9.17) is 11.5 Å². The molecule has 2 aliphatic rings. The third-order valence-corrected chi connectivity index (χ3v) is 25.2. The molecule has 2 aliphatic heterocycles. The van der Waals surface area contributed by atoms with Gasteiger partial charge in [0.15, 0.2) is 11.8 Å². The normalized spacial score (nSPS) is 18.8. The Kier molecular flexibility index (Phi) is 36.7. The van der Waals surface area contributed by atoms with Crippen molar-refractivity contribution >= 4 is 151 Å². The number of nitrogens with one attached hydrogen (secondary N) is 19. The largest absolute Gasteiger partial charge is 0.508 e. The van der Waals surface area contributed by atoms with Gasteiger partial charge in [0.05, 0.1) is 38.7 Å². The van der Waals surface area contributed by atoms with Gasteiger partial charge in [0, 0.05) is 121 Å². The highest BCUT2D eigenvalue weighted by Gasteiger charge is 2.43. The molecule has 18 amide bonds. The maximum Gasteiger partial charge on any atom is 0.326 e. The van der Waals surface area contributed by atoms with Crippen molar-refractivity contribution in [2.75, 3.05) is 19.6 Å². The summed E-state index contributed by atoms with van der Waals surface area (Å²) in [5, 5.41) is 70.5. The van der Waals surface area contributed by atoms with Crippen molar-refractivity contribution in [3.63, 3.8) is 0 Å². The number of hydrogen-bond acceptors (Lipinski definition) is 23. The number of aromatic hydroxyl groups is 2. The average molecular weight is 2040 g/mol. The lowest BCUT2D eigenvalue weighted by Gasteiger charge is -2.30. The molecule has 0 aliphatic carbocycles. The number of carbonyl (C=O) groups excluding carboxylic acids is 19. The van der Waals surface area contributed by atoms with Crippen LogP contribution < -0.4 is 91.2 Å². The van der Waals surface area contributed by atoms with Crippen LogP contribution >= 0.6 is 0 Å². The number of carboxylic acid groups (broad SMARTS) is 1. The number of carboxylic acids is 1. The molecule has 0 spiro atoms. The Morgan fingerprint density at radius 3 is 1.32 bits per heavy atom. The van der Waals surface area contributed by atoms with Crippen LogP contribution in [0.3, 0.4) is 0 Å². The van der Waals surface area contributed by atoms with Gasteiger partial charge in [0.2, 0.25) is 100 Å². The smallest absolute Gasteiger partial charge is 0.326 e. The summed E-state index contributed by atoms with van der Waals surface area (Å²) in [4.78, 5) is 307. The summed E-state index contributed by atoms with van der Waals surface area (Å²) in [6, 6.07) is 22.8. The van der Waals surface area contributed by atoms with Crippen molar-refractivity contribution in [2.45, 2.75) is 182 Å². The Bertz CT molecular complexity index is 6790. The summed E-state index contributed by atoms with van der Waals surface area (Å²) in [6.07, 6.45) is 1.29. The molecule has 0 bridgehead atoms. The van der Waals surface area contributed by atoms with E-state index in [1.54, 1.807) is 146 Å². The number of benzene rings is 7. The van der Waals surface area contributed by atoms with E-state index in [9.17, 15) is 77.6 Å². The van der Waals surface area contributed by atoms with E-state index in [2.05, 4.69) is 105 Å². The zero-order chi connectivity index (χ0) is 107. The number of hydrogen-bond donors (Lipinski definition) is 24. The fourth-order valence-corrected chi connectivity index (χ4v) is 17.5. The second kappa shape index (κ2) is 50.7. The second-order valence-electron chi connectivity index (χ2n) is 36.2. The summed E-state index contributed by atoms with van der Waals surface area (Å²) in [5.74, 6) is -23.2. The number of phenolic OH excluding ortho intramolecular Hbond substituents is 2. The van der Waals surface area contributed by atoms with Crippen LogP contribution in [0.5, 0.6) is 11.5 Å². The molecule has 13 rings (SSSR count). The van der Waals surface area contributed by atoms with Crippen molar-refractivity contribution in [1.29, 1.82) is 0 Å². The predicted octanol–water partition coefficient (Wildman–Crippen LogP) is -2.12. The minimum atomic E-state index is -2.12. The Balaban J connectivity index is 0.784. The number of primary amides is 2. The molecule has 14 unspecified atom stereocenters. The number of H-pyrrole nitrogens is 4. The van der Waals surface area contributed by atoms with Crippen LogP contribution in [-0.4, -0.2) is 267 Å². The molecular formula is C103H113N23O23. The maximum atomic E-state index is 15.9. The van der Waals surface area contributed by atoms with Crippen LogP contribution in [-0.2, 0) is 147 Å². The van der Waals surface area contributed by atoms with Gasteiger partial charge in [-0.2, -0.15) is 0 Å². The van der Waals surface area contributed by atoms with Gasteiger partial charge in [-0.1, -0.05) is 140 Å². The molecule has 2 fully saturated rings. The minimum absolute atomic E-state index is 0.107. The molecule has 149 heavy (non-hydrogen) atoms. The quantitative estimate of drug-likeness (QED) is 0.0187. The van der Waals surface area contributed by atoms with Gasteiger partial charge in [0.25, 0.3) is 5.91 Å². The summed E-state index contributed by atoms with van der Waals surface area (Å²) >= 11 is 0. The fraction of sp³-hybridized carbons (Fsp3) is 0.311. The first-order chi connectivity index (χ1) is 71.4. The number of rotatable bonds is 36. The number of aromatic amines is 4. The third kappa shape index (κ3) is 30.1. The van der Waals surface area contributed by atoms with Gasteiger partial charge in [-0.15, -0.1) is 0 Å². The molecule has 0 saturated carbocycles. The van der Waals surface area contributed by atoms with Gasteiger partial charge >= 0.3 is 5.97 Å². The van der Waals surface area contributed by atoms with Crippen molar-refractivity contribution in [3.8, 4) is 11.5 Å². The summed E-state index contributed by atoms with van der Waals surface area (Å²) in [6.45, 7) is -0.0148. The van der Waals surface area contributed by atoms with E-state index in [0.717, 1.165) is 11.8 Å². The van der Waals surface area contributed by atoms with Crippen LogP contribution in [0.15, 0.2) is 213 Å². The fourth-order valence-electron chi connectivity index (χ4n) is 17.5. The van der Waals surface area contributed by atoms with E-state index in [-0.39, 0.29) is 62.3 Å². The number of nitrogens with zero attached hydrogens (tertiary/aromatic N) is 2. The molecule has 4 aromatic heterocycles. The Morgan fingerprint density at radius 1 is 0.416 bits per heavy atom. The molecule has 11 aromatic rings. The molecule has 2 saturated heterocycles. The second-order valence-corrected chi connectivity index (χ2v) is 36.2. The van der Waals surface area contributed by atoms with Gasteiger partial charge in [-0.05, 0) is 108 Å². The topological polar surface area (TPSA) is 714 Å². The number of aromatic nitrogens is 5. The first-order valence-electron chi connectivity index (χ1n) is 47.8. The minimum Gasteiger partial charge on any atom is -0.508 e. The Labute approximate surface area is 849 Å². The van der Waals surface area contributed by atoms with Gasteiger partial charge in [0.1, 0.15) is 90.0 Å². The number of imidazole rings is 1. The molecule has 26 N–H and O–H groups in total. The molecule has 778 valence electrons. The monoisotopic (exact) mass is 2040 g/mol. The first-order valence-corrected chi connectivity index (χ1v) is 47.8. The van der Waals surface area contributed by atoms with Crippen molar-refractivity contribution in [1.82, 2.24) is 110 Å². The molecule has 6 heterocycles. The number of aliphatic carboxylic acids is 1. The number of nitrogens with two attached hydrogens (primary N) is 2. The van der Waals surface area contributed by atoms with Gasteiger partial charge in [-0.25, -0.2) is 9.78 Å². The summed E-state index contributed by atoms with van der Waals surface area (Å²) < 4.78 is 0. The standard InChI is InChI=1S/C103H113N23O23/c1-54-102(147)126-35-15-26-83(126)100(145)123-81(46-86(132)110-51-87(133)114-79(44-84(104)130)97(142)119-77(41-61-48-108-70-24-13-10-21-67(61)70)96(141)121-78(43-63-50-106-53-112-63)90(135)111-52-88(134)125-89(55(2)127)101(146)113-54)99(144)120-76(40-60-47-107-69-23-12-9-20-66(60)69)95(140)117-72(36-56-16-5-3-6-17-56)91(136)115-73(37-57-18-7-4-8-19-57)93(138)122-80(45-85(105)131)98(143)118-74(38-58-27-31-64(128)32-28-58)92(137)116-75(39-59-29-33-65(129)34-30-59)94(139)124-82(103(148)149)42-62-49-109-71-25-14-11-22-68(62)71/h3-14,16-25,27-34,47-50,53-54,72-83,89,107-109,128-129H,15,26,35-46,51-52H2,1-2H3,(H2,104,130)(H2,105,131)(H,106,112)(H,110,132)(H,111,135)(H,113,146)(H,114,133)(H,115,136)(H,116,137)(H,117,140)(H,118,143)(H,119,142)(H,120,144)(H,121,141)(H,122,138)(H,123,145)(H,124,139)(H,125,134)(H,148,149). The number of fused-ring (bicyclic) bond motifs is 4. The van der Waals surface area contributed by atoms with E-state index in [1.165, 1.54) is 74.2 Å². The molecule has 14 atom stereocenters. The Morgan fingerprint density at radius 2 is 0.839 bits per heavy atom. The number of para-hydroxylation sites is 3. The van der Waals surface area contributed by atoms with Crippen LogP contribution in [0.4, 0.5) is 0 Å². The molecular weight excluding hydrogens is 1930 g/mol. The van der Waals surface area contributed by atoms with Crippen LogP contribution in [0.25, 0.3) is 32.7 Å². The summed E-state index contributed by atoms with van der Waals surface area (Å²) in [7, 11) is 0. The zero-order valence-electron chi connectivity index (χ0n) is 80.7. The Hall–Kier alpha value is -18.4. The van der Waals surface area contributed by atoms with Crippen molar-refractivity contribution < 1.29 is 111 Å². The maximum absolute atomic E-state index is 15.9. The van der Waals surface area contributed by atoms with Gasteiger partial charge in [-0.3, -0.25) is 91.1 Å². The van der Waals surface area contributed by atoms with Crippen LogP contribution in [0.2, 0.25) is 0 Å². The van der Waals surface area contributed by atoms with E-state index >= 15 is 33.6 Å². The summed E-state index contributed by atoms with van der Waals surface area (Å²) in [5.41, 5.74) is 16.4. The first kappa shape index (κ1) is 108. The number of phenols is 2. The third-order valence-electron chi connectivity index (χ3n) is 25.2. The van der Waals surface area contributed by atoms with Crippen molar-refractivity contribution in [2.24, 2.45) is 11.5 Å².